The highest BCUT2D eigenvalue weighted by molar-refractivity contribution is 7.98. The lowest BCUT2D eigenvalue weighted by molar-refractivity contribution is 0.628. The Morgan fingerprint density at radius 3 is 2.70 bits per heavy atom. The minimum Gasteiger partial charge on any atom is -0.399 e. The van der Waals surface area contributed by atoms with Crippen LogP contribution in [-0.2, 0) is 18.7 Å². The first-order chi connectivity index (χ1) is 9.56. The summed E-state index contributed by atoms with van der Waals surface area (Å²) in [6, 6.07) is 6.00. The SMILES string of the molecule is CCc1nn(CC)c(CSc2ccc(N)cc2C)c1Cl. The molecule has 0 spiro atoms. The lowest BCUT2D eigenvalue weighted by atomic mass is 10.2. The first kappa shape index (κ1) is 15.3. The number of aryl methyl sites for hydroxylation is 3. The van der Waals surface area contributed by atoms with Crippen molar-refractivity contribution in [2.75, 3.05) is 5.73 Å². The van der Waals surface area contributed by atoms with E-state index in [2.05, 4.69) is 31.9 Å². The largest absolute Gasteiger partial charge is 0.399 e. The fourth-order valence-electron chi connectivity index (χ4n) is 2.14. The number of nitrogen functional groups attached to an aromatic ring is 1. The van der Waals surface area contributed by atoms with Crippen LogP contribution in [0.15, 0.2) is 23.1 Å². The molecule has 2 rings (SSSR count). The van der Waals surface area contributed by atoms with Gasteiger partial charge in [0, 0.05) is 22.9 Å². The molecule has 0 bridgehead atoms. The average molecular weight is 310 g/mol. The molecule has 1 heterocycles. The Morgan fingerprint density at radius 2 is 2.10 bits per heavy atom. The maximum atomic E-state index is 6.42. The van der Waals surface area contributed by atoms with Crippen LogP contribution in [0.5, 0.6) is 0 Å². The van der Waals surface area contributed by atoms with Crippen molar-refractivity contribution in [2.45, 2.75) is 44.4 Å². The normalized spacial score (nSPS) is 11.0. The van der Waals surface area contributed by atoms with Crippen LogP contribution in [0.4, 0.5) is 5.69 Å². The van der Waals surface area contributed by atoms with Crippen molar-refractivity contribution >= 4 is 29.1 Å². The third-order valence-corrected chi connectivity index (χ3v) is 4.88. The Bertz CT molecular complexity index is 607. The molecule has 0 fully saturated rings. The zero-order valence-corrected chi connectivity index (χ0v) is 13.7. The Kier molecular flexibility index (Phi) is 5.00. The van der Waals surface area contributed by atoms with E-state index < -0.39 is 0 Å². The van der Waals surface area contributed by atoms with Crippen LogP contribution in [-0.4, -0.2) is 9.78 Å². The summed E-state index contributed by atoms with van der Waals surface area (Å²) >= 11 is 8.20. The molecule has 5 heteroatoms. The summed E-state index contributed by atoms with van der Waals surface area (Å²) in [6.07, 6.45) is 0.865. The van der Waals surface area contributed by atoms with E-state index in [9.17, 15) is 0 Å². The summed E-state index contributed by atoms with van der Waals surface area (Å²) in [5.41, 5.74) is 9.87. The number of nitrogens with two attached hydrogens (primary N) is 1. The first-order valence-electron chi connectivity index (χ1n) is 6.79. The molecule has 2 aromatic rings. The molecule has 108 valence electrons. The highest BCUT2D eigenvalue weighted by Gasteiger charge is 2.14. The molecule has 0 atom stereocenters. The maximum Gasteiger partial charge on any atom is 0.0858 e. The lowest BCUT2D eigenvalue weighted by Gasteiger charge is -2.08. The van der Waals surface area contributed by atoms with Crippen molar-refractivity contribution in [2.24, 2.45) is 0 Å². The summed E-state index contributed by atoms with van der Waals surface area (Å²) in [5.74, 6) is 0.824. The molecule has 20 heavy (non-hydrogen) atoms. The van der Waals surface area contributed by atoms with E-state index >= 15 is 0 Å². The molecule has 3 nitrogen and oxygen atoms in total. The molecule has 1 aromatic heterocycles. The molecule has 0 amide bonds. The van der Waals surface area contributed by atoms with Crippen LogP contribution in [0.1, 0.15) is 30.8 Å². The third kappa shape index (κ3) is 3.13. The predicted molar refractivity (Wildman–Crippen MR) is 87.4 cm³/mol. The van der Waals surface area contributed by atoms with E-state index in [4.69, 9.17) is 17.3 Å². The van der Waals surface area contributed by atoms with Crippen molar-refractivity contribution < 1.29 is 0 Å². The summed E-state index contributed by atoms with van der Waals surface area (Å²) < 4.78 is 2.00. The van der Waals surface area contributed by atoms with Crippen molar-refractivity contribution in [3.05, 3.63) is 40.2 Å². The van der Waals surface area contributed by atoms with Crippen LogP contribution < -0.4 is 5.73 Å². The van der Waals surface area contributed by atoms with Gasteiger partial charge in [0.05, 0.1) is 16.4 Å². The molecule has 0 radical (unpaired) electrons. The van der Waals surface area contributed by atoms with Gasteiger partial charge in [0.2, 0.25) is 0 Å². The smallest absolute Gasteiger partial charge is 0.0858 e. The van der Waals surface area contributed by atoms with Gasteiger partial charge in [-0.05, 0) is 44.0 Å². The summed E-state index contributed by atoms with van der Waals surface area (Å²) in [6.45, 7) is 7.09. The second-order valence-corrected chi connectivity index (χ2v) is 6.09. The van der Waals surface area contributed by atoms with E-state index in [0.717, 1.165) is 40.8 Å². The summed E-state index contributed by atoms with van der Waals surface area (Å²) in [7, 11) is 0. The van der Waals surface area contributed by atoms with Crippen LogP contribution in [0.25, 0.3) is 0 Å². The van der Waals surface area contributed by atoms with Gasteiger partial charge >= 0.3 is 0 Å². The molecular formula is C15H20ClN3S. The van der Waals surface area contributed by atoms with E-state index in [0.29, 0.717) is 0 Å². The third-order valence-electron chi connectivity index (χ3n) is 3.26. The zero-order valence-electron chi connectivity index (χ0n) is 12.1. The highest BCUT2D eigenvalue weighted by atomic mass is 35.5. The first-order valence-corrected chi connectivity index (χ1v) is 8.16. The number of benzene rings is 1. The van der Waals surface area contributed by atoms with Gasteiger partial charge in [-0.15, -0.1) is 11.8 Å². The van der Waals surface area contributed by atoms with Gasteiger partial charge in [-0.1, -0.05) is 18.5 Å². The zero-order chi connectivity index (χ0) is 14.7. The molecule has 0 saturated carbocycles. The van der Waals surface area contributed by atoms with Gasteiger partial charge in [-0.2, -0.15) is 5.10 Å². The number of hydrogen-bond acceptors (Lipinski definition) is 3. The Morgan fingerprint density at radius 1 is 1.35 bits per heavy atom. The van der Waals surface area contributed by atoms with E-state index in [1.54, 1.807) is 11.8 Å². The van der Waals surface area contributed by atoms with Crippen LogP contribution in [0.2, 0.25) is 5.02 Å². The Balaban J connectivity index is 2.20. The van der Waals surface area contributed by atoms with E-state index in [1.165, 1.54) is 10.5 Å². The van der Waals surface area contributed by atoms with Gasteiger partial charge in [0.1, 0.15) is 0 Å². The Hall–Kier alpha value is -1.13. The quantitative estimate of drug-likeness (QED) is 0.661. The summed E-state index contributed by atoms with van der Waals surface area (Å²) in [4.78, 5) is 1.23. The number of thioether (sulfide) groups is 1. The Labute approximate surface area is 129 Å². The van der Waals surface area contributed by atoms with Crippen molar-refractivity contribution in [3.8, 4) is 0 Å². The van der Waals surface area contributed by atoms with Crippen molar-refractivity contribution in [3.63, 3.8) is 0 Å². The van der Waals surface area contributed by atoms with E-state index in [1.807, 2.05) is 16.8 Å². The van der Waals surface area contributed by atoms with E-state index in [-0.39, 0.29) is 0 Å². The molecule has 0 aliphatic carbocycles. The lowest BCUT2D eigenvalue weighted by Crippen LogP contribution is -2.02. The number of anilines is 1. The predicted octanol–water partition coefficient (Wildman–Crippen LogP) is 4.30. The molecule has 0 unspecified atom stereocenters. The number of aromatic nitrogens is 2. The van der Waals surface area contributed by atoms with Gasteiger partial charge in [-0.3, -0.25) is 4.68 Å². The topological polar surface area (TPSA) is 43.8 Å². The number of halogens is 1. The molecule has 2 N–H and O–H groups in total. The summed E-state index contributed by atoms with van der Waals surface area (Å²) in [5, 5.41) is 5.36. The number of rotatable bonds is 5. The minimum atomic E-state index is 0.803. The van der Waals surface area contributed by atoms with Crippen LogP contribution >= 0.6 is 23.4 Å². The molecular weight excluding hydrogens is 290 g/mol. The van der Waals surface area contributed by atoms with Gasteiger partial charge < -0.3 is 5.73 Å². The average Bonchev–Trinajstić information content (AvgIpc) is 2.74. The monoisotopic (exact) mass is 309 g/mol. The van der Waals surface area contributed by atoms with Gasteiger partial charge in [0.25, 0.3) is 0 Å². The van der Waals surface area contributed by atoms with Crippen LogP contribution in [0.3, 0.4) is 0 Å². The van der Waals surface area contributed by atoms with Gasteiger partial charge in [-0.25, -0.2) is 0 Å². The maximum absolute atomic E-state index is 6.42. The van der Waals surface area contributed by atoms with Crippen molar-refractivity contribution in [1.82, 2.24) is 9.78 Å². The second-order valence-electron chi connectivity index (χ2n) is 4.69. The highest BCUT2D eigenvalue weighted by Crippen LogP contribution is 2.31. The standard InChI is InChI=1S/C15H20ClN3S/c1-4-12-15(16)13(19(5-2)18-12)9-20-14-7-6-11(17)8-10(14)3/h6-8H,4-5,9,17H2,1-3H3. The molecule has 0 aliphatic rings. The number of hydrogen-bond donors (Lipinski definition) is 1. The van der Waals surface area contributed by atoms with Gasteiger partial charge in [0.15, 0.2) is 0 Å². The minimum absolute atomic E-state index is 0.803. The second kappa shape index (κ2) is 6.55. The fraction of sp³-hybridized carbons (Fsp3) is 0.400. The fourth-order valence-corrected chi connectivity index (χ4v) is 3.59. The van der Waals surface area contributed by atoms with Crippen molar-refractivity contribution in [1.29, 1.82) is 0 Å². The number of nitrogens with zero attached hydrogens (tertiary/aromatic N) is 2. The molecule has 0 aliphatic heterocycles. The molecule has 0 saturated heterocycles. The van der Waals surface area contributed by atoms with Crippen LogP contribution in [0, 0.1) is 6.92 Å². The molecule has 1 aromatic carbocycles.